The summed E-state index contributed by atoms with van der Waals surface area (Å²) in [4.78, 5) is 21.2. The third kappa shape index (κ3) is 4.78. The third-order valence-electron chi connectivity index (χ3n) is 5.74. The van der Waals surface area contributed by atoms with Gasteiger partial charge in [-0.3, -0.25) is 4.79 Å². The first-order chi connectivity index (χ1) is 16.5. The number of hydrogen-bond acceptors (Lipinski definition) is 5. The molecular formula is C27H29N5O2. The minimum absolute atomic E-state index is 0.261. The molecule has 174 valence electrons. The number of unbranched alkanes of at least 4 members (excludes halogenated alkanes) is 1. The van der Waals surface area contributed by atoms with Crippen LogP contribution in [0.15, 0.2) is 67.5 Å². The average Bonchev–Trinajstić information content (AvgIpc) is 3.20. The summed E-state index contributed by atoms with van der Waals surface area (Å²) in [5.74, 6) is 0.830. The van der Waals surface area contributed by atoms with Gasteiger partial charge in [0.1, 0.15) is 5.75 Å². The van der Waals surface area contributed by atoms with E-state index in [1.807, 2.05) is 37.4 Å². The van der Waals surface area contributed by atoms with Crippen LogP contribution >= 0.6 is 0 Å². The number of benzene rings is 2. The summed E-state index contributed by atoms with van der Waals surface area (Å²) < 4.78 is 7.74. The Bertz CT molecular complexity index is 1340. The molecule has 0 saturated heterocycles. The first-order valence-electron chi connectivity index (χ1n) is 11.3. The van der Waals surface area contributed by atoms with Crippen molar-refractivity contribution in [2.45, 2.75) is 26.2 Å². The van der Waals surface area contributed by atoms with Crippen molar-refractivity contribution in [1.29, 1.82) is 0 Å². The number of carbonyl (C=O) groups excluding carboxylic acids is 1. The van der Waals surface area contributed by atoms with Crippen LogP contribution in [0.1, 0.15) is 25.3 Å². The molecule has 2 heterocycles. The summed E-state index contributed by atoms with van der Waals surface area (Å²) in [5, 5.41) is 7.31. The molecule has 0 aliphatic rings. The lowest BCUT2D eigenvalue weighted by molar-refractivity contribution is -0.111. The van der Waals surface area contributed by atoms with Gasteiger partial charge in [-0.05, 0) is 48.7 Å². The van der Waals surface area contributed by atoms with Gasteiger partial charge in [0, 0.05) is 41.6 Å². The van der Waals surface area contributed by atoms with Crippen molar-refractivity contribution in [3.63, 3.8) is 0 Å². The molecule has 4 rings (SSSR count). The van der Waals surface area contributed by atoms with E-state index in [0.717, 1.165) is 47.0 Å². The van der Waals surface area contributed by atoms with Crippen LogP contribution in [0.3, 0.4) is 0 Å². The second-order valence-corrected chi connectivity index (χ2v) is 8.07. The predicted octanol–water partition coefficient (Wildman–Crippen LogP) is 5.85. The summed E-state index contributed by atoms with van der Waals surface area (Å²) in [6.07, 6.45) is 7.94. The fraction of sp³-hybridized carbons (Fsp3) is 0.222. The molecule has 0 atom stereocenters. The van der Waals surface area contributed by atoms with Crippen molar-refractivity contribution < 1.29 is 9.53 Å². The lowest BCUT2D eigenvalue weighted by Gasteiger charge is -2.17. The van der Waals surface area contributed by atoms with Crippen molar-refractivity contribution in [1.82, 2.24) is 14.5 Å². The summed E-state index contributed by atoms with van der Waals surface area (Å²) in [7, 11) is 3.65. The topological polar surface area (TPSA) is 81.1 Å². The molecule has 7 nitrogen and oxygen atoms in total. The maximum atomic E-state index is 12.0. The number of methoxy groups -OCH3 is 1. The molecular weight excluding hydrogens is 426 g/mol. The molecule has 34 heavy (non-hydrogen) atoms. The van der Waals surface area contributed by atoms with E-state index >= 15 is 0 Å². The van der Waals surface area contributed by atoms with E-state index in [0.29, 0.717) is 23.1 Å². The standard InChI is InChI=1S/C27H29N5O2/c1-5-7-10-18-15-25(34-4)23(16-22(18)29-26(33)6-2)31-27-28-14-13-21(30-27)20-17-32(3)24-12-9-8-11-19(20)24/h6,8-9,11-17H,2,5,7,10H2,1,3-4H3,(H,29,33)(H,28,30,31). The molecule has 0 bridgehead atoms. The Morgan fingerprint density at radius 1 is 1.21 bits per heavy atom. The van der Waals surface area contributed by atoms with Gasteiger partial charge in [-0.2, -0.15) is 0 Å². The second kappa shape index (κ2) is 10.2. The lowest BCUT2D eigenvalue weighted by Crippen LogP contribution is -2.11. The second-order valence-electron chi connectivity index (χ2n) is 8.07. The molecule has 0 aliphatic carbocycles. The van der Waals surface area contributed by atoms with E-state index in [1.54, 1.807) is 13.3 Å². The minimum atomic E-state index is -0.261. The molecule has 1 amide bonds. The number of anilines is 3. The van der Waals surface area contributed by atoms with Gasteiger partial charge in [0.05, 0.1) is 18.5 Å². The van der Waals surface area contributed by atoms with Crippen LogP contribution in [0.4, 0.5) is 17.3 Å². The number of fused-ring (bicyclic) bond motifs is 1. The zero-order valence-electron chi connectivity index (χ0n) is 19.8. The van der Waals surface area contributed by atoms with Crippen LogP contribution in [-0.2, 0) is 18.3 Å². The van der Waals surface area contributed by atoms with Crippen LogP contribution in [0.5, 0.6) is 5.75 Å². The maximum Gasteiger partial charge on any atom is 0.247 e. The number of carbonyl (C=O) groups is 1. The number of rotatable bonds is 9. The number of nitrogens with one attached hydrogen (secondary N) is 2. The molecule has 7 heteroatoms. The zero-order valence-corrected chi connectivity index (χ0v) is 19.8. The molecule has 2 aromatic carbocycles. The molecule has 2 aromatic heterocycles. The Balaban J connectivity index is 1.71. The molecule has 0 radical (unpaired) electrons. The van der Waals surface area contributed by atoms with Crippen LogP contribution in [0.2, 0.25) is 0 Å². The Kier molecular flexibility index (Phi) is 6.92. The maximum absolute atomic E-state index is 12.0. The number of nitrogens with zero attached hydrogens (tertiary/aromatic N) is 3. The predicted molar refractivity (Wildman–Crippen MR) is 138 cm³/mol. The quantitative estimate of drug-likeness (QED) is 0.309. The van der Waals surface area contributed by atoms with E-state index in [2.05, 4.69) is 52.0 Å². The SMILES string of the molecule is C=CC(=O)Nc1cc(Nc2nccc(-c3cn(C)c4ccccc34)n2)c(OC)cc1CCCC. The van der Waals surface area contributed by atoms with Gasteiger partial charge >= 0.3 is 0 Å². The Hall–Kier alpha value is -4.13. The Morgan fingerprint density at radius 2 is 2.03 bits per heavy atom. The van der Waals surface area contributed by atoms with E-state index in [9.17, 15) is 4.79 Å². The smallest absolute Gasteiger partial charge is 0.247 e. The van der Waals surface area contributed by atoms with Gasteiger partial charge in [-0.25, -0.2) is 9.97 Å². The van der Waals surface area contributed by atoms with Gasteiger partial charge in [-0.15, -0.1) is 0 Å². The highest BCUT2D eigenvalue weighted by Crippen LogP contribution is 2.35. The van der Waals surface area contributed by atoms with Crippen molar-refractivity contribution in [2.24, 2.45) is 7.05 Å². The van der Waals surface area contributed by atoms with Gasteiger partial charge in [0.2, 0.25) is 11.9 Å². The molecule has 4 aromatic rings. The van der Waals surface area contributed by atoms with Gasteiger partial charge < -0.3 is 19.9 Å². The van der Waals surface area contributed by atoms with Crippen molar-refractivity contribution >= 4 is 34.1 Å². The van der Waals surface area contributed by atoms with Crippen molar-refractivity contribution in [3.8, 4) is 17.0 Å². The highest BCUT2D eigenvalue weighted by molar-refractivity contribution is 6.00. The molecule has 0 unspecified atom stereocenters. The third-order valence-corrected chi connectivity index (χ3v) is 5.74. The van der Waals surface area contributed by atoms with Crippen LogP contribution < -0.4 is 15.4 Å². The highest BCUT2D eigenvalue weighted by Gasteiger charge is 2.15. The summed E-state index contributed by atoms with van der Waals surface area (Å²) >= 11 is 0. The van der Waals surface area contributed by atoms with E-state index in [4.69, 9.17) is 9.72 Å². The highest BCUT2D eigenvalue weighted by atomic mass is 16.5. The number of ether oxygens (including phenoxy) is 1. The average molecular weight is 456 g/mol. The number of para-hydroxylation sites is 1. The molecule has 2 N–H and O–H groups in total. The Morgan fingerprint density at radius 3 is 2.79 bits per heavy atom. The van der Waals surface area contributed by atoms with Gasteiger partial charge in [-0.1, -0.05) is 38.1 Å². The molecule has 0 spiro atoms. The normalized spacial score (nSPS) is 10.8. The molecule has 0 aliphatic heterocycles. The van der Waals surface area contributed by atoms with Crippen LogP contribution in [0, 0.1) is 0 Å². The monoisotopic (exact) mass is 455 g/mol. The zero-order chi connectivity index (χ0) is 24.1. The summed E-state index contributed by atoms with van der Waals surface area (Å²) in [6, 6.07) is 13.9. The van der Waals surface area contributed by atoms with Gasteiger partial charge in [0.15, 0.2) is 0 Å². The fourth-order valence-electron chi connectivity index (χ4n) is 4.00. The first-order valence-corrected chi connectivity index (χ1v) is 11.3. The van der Waals surface area contributed by atoms with Crippen molar-refractivity contribution in [2.75, 3.05) is 17.7 Å². The number of hydrogen-bond donors (Lipinski definition) is 2. The number of aromatic nitrogens is 3. The van der Waals surface area contributed by atoms with Crippen molar-refractivity contribution in [3.05, 3.63) is 73.1 Å². The van der Waals surface area contributed by atoms with Crippen LogP contribution in [0.25, 0.3) is 22.2 Å². The lowest BCUT2D eigenvalue weighted by atomic mass is 10.0. The Labute approximate surface area is 199 Å². The fourth-order valence-corrected chi connectivity index (χ4v) is 4.00. The largest absolute Gasteiger partial charge is 0.495 e. The van der Waals surface area contributed by atoms with E-state index < -0.39 is 0 Å². The molecule has 0 saturated carbocycles. The van der Waals surface area contributed by atoms with Crippen LogP contribution in [-0.4, -0.2) is 27.6 Å². The first kappa shape index (κ1) is 23.0. The van der Waals surface area contributed by atoms with E-state index in [1.165, 1.54) is 6.08 Å². The van der Waals surface area contributed by atoms with Gasteiger partial charge in [0.25, 0.3) is 0 Å². The molecule has 0 fully saturated rings. The van der Waals surface area contributed by atoms with E-state index in [-0.39, 0.29) is 5.91 Å². The number of amides is 1. The summed E-state index contributed by atoms with van der Waals surface area (Å²) in [6.45, 7) is 5.69. The minimum Gasteiger partial charge on any atom is -0.495 e. The number of aryl methyl sites for hydroxylation is 2. The summed E-state index contributed by atoms with van der Waals surface area (Å²) in [5.41, 5.74) is 5.36.